The number of amides is 1. The summed E-state index contributed by atoms with van der Waals surface area (Å²) in [6.45, 7) is -0.191. The van der Waals surface area contributed by atoms with Crippen LogP contribution >= 0.6 is 0 Å². The van der Waals surface area contributed by atoms with Crippen LogP contribution in [0, 0.1) is 10.1 Å². The van der Waals surface area contributed by atoms with E-state index in [4.69, 9.17) is 0 Å². The van der Waals surface area contributed by atoms with Gasteiger partial charge in [-0.05, 0) is 36.5 Å². The molecule has 1 amide bonds. The fraction of sp³-hybridized carbons (Fsp3) is 0.250. The highest BCUT2D eigenvalue weighted by atomic mass is 16.6. The highest BCUT2D eigenvalue weighted by Crippen LogP contribution is 2.29. The predicted molar refractivity (Wildman–Crippen MR) is 103 cm³/mol. The Labute approximate surface area is 160 Å². The molecular formula is C20H18N4O4. The van der Waals surface area contributed by atoms with Crippen LogP contribution in [0.25, 0.3) is 10.9 Å². The second kappa shape index (κ2) is 7.22. The lowest BCUT2D eigenvalue weighted by molar-refractivity contribution is -0.384. The molecule has 1 N–H and O–H groups in total. The van der Waals surface area contributed by atoms with Crippen LogP contribution in [0.5, 0.6) is 0 Å². The SMILES string of the molecule is O=C(Cn1cnc2ccc([N+](=O)[O-])cc2c1=O)NC1CCCc2ccccc21. The molecule has 4 rings (SSSR count). The van der Waals surface area contributed by atoms with E-state index in [1.807, 2.05) is 18.2 Å². The average molecular weight is 378 g/mol. The maximum atomic E-state index is 12.6. The van der Waals surface area contributed by atoms with Gasteiger partial charge >= 0.3 is 0 Å². The normalized spacial score (nSPS) is 15.8. The molecule has 2 aromatic carbocycles. The van der Waals surface area contributed by atoms with E-state index in [0.717, 1.165) is 24.8 Å². The van der Waals surface area contributed by atoms with Crippen molar-refractivity contribution >= 4 is 22.5 Å². The molecule has 8 nitrogen and oxygen atoms in total. The van der Waals surface area contributed by atoms with E-state index >= 15 is 0 Å². The molecule has 1 aromatic heterocycles. The first-order chi connectivity index (χ1) is 13.5. The molecule has 3 aromatic rings. The third-order valence-electron chi connectivity index (χ3n) is 5.04. The number of nitrogens with zero attached hydrogens (tertiary/aromatic N) is 3. The zero-order valence-corrected chi connectivity index (χ0v) is 15.0. The van der Waals surface area contributed by atoms with Gasteiger partial charge in [0.15, 0.2) is 0 Å². The van der Waals surface area contributed by atoms with E-state index in [1.54, 1.807) is 0 Å². The Morgan fingerprint density at radius 1 is 1.29 bits per heavy atom. The number of nitro groups is 1. The smallest absolute Gasteiger partial charge is 0.270 e. The standard InChI is InChI=1S/C20H18N4O4/c25-19(22-18-7-3-5-13-4-1-2-6-15(13)18)11-23-12-21-17-9-8-14(24(27)28)10-16(17)20(23)26/h1-2,4,6,8-10,12,18H,3,5,7,11H2,(H,22,25). The van der Waals surface area contributed by atoms with Crippen molar-refractivity contribution < 1.29 is 9.72 Å². The van der Waals surface area contributed by atoms with Gasteiger partial charge in [0.1, 0.15) is 6.54 Å². The van der Waals surface area contributed by atoms with E-state index in [2.05, 4.69) is 16.4 Å². The highest BCUT2D eigenvalue weighted by molar-refractivity contribution is 5.81. The molecule has 0 spiro atoms. The van der Waals surface area contributed by atoms with Crippen molar-refractivity contribution in [3.63, 3.8) is 0 Å². The Morgan fingerprint density at radius 3 is 2.93 bits per heavy atom. The van der Waals surface area contributed by atoms with Crippen LogP contribution in [0.1, 0.15) is 30.0 Å². The van der Waals surface area contributed by atoms with E-state index in [-0.39, 0.29) is 29.6 Å². The van der Waals surface area contributed by atoms with Gasteiger partial charge in [-0.3, -0.25) is 24.3 Å². The van der Waals surface area contributed by atoms with Gasteiger partial charge in [-0.15, -0.1) is 0 Å². The Bertz CT molecular complexity index is 1140. The molecule has 0 aliphatic heterocycles. The summed E-state index contributed by atoms with van der Waals surface area (Å²) in [7, 11) is 0. The number of hydrogen-bond donors (Lipinski definition) is 1. The van der Waals surface area contributed by atoms with Gasteiger partial charge < -0.3 is 5.32 Å². The van der Waals surface area contributed by atoms with Gasteiger partial charge in [0.25, 0.3) is 11.2 Å². The first-order valence-corrected chi connectivity index (χ1v) is 9.03. The molecule has 0 fully saturated rings. The molecule has 28 heavy (non-hydrogen) atoms. The molecule has 0 radical (unpaired) electrons. The van der Waals surface area contributed by atoms with E-state index in [0.29, 0.717) is 5.52 Å². The van der Waals surface area contributed by atoms with Gasteiger partial charge in [-0.25, -0.2) is 4.98 Å². The van der Waals surface area contributed by atoms with Crippen LogP contribution < -0.4 is 10.9 Å². The fourth-order valence-corrected chi connectivity index (χ4v) is 3.67. The minimum atomic E-state index is -0.566. The van der Waals surface area contributed by atoms with Gasteiger partial charge in [0, 0.05) is 12.1 Å². The summed E-state index contributed by atoms with van der Waals surface area (Å²) >= 11 is 0. The molecule has 0 saturated heterocycles. The highest BCUT2D eigenvalue weighted by Gasteiger charge is 2.21. The van der Waals surface area contributed by atoms with Gasteiger partial charge in [-0.1, -0.05) is 24.3 Å². The van der Waals surface area contributed by atoms with Crippen LogP contribution in [-0.2, 0) is 17.8 Å². The summed E-state index contributed by atoms with van der Waals surface area (Å²) in [5, 5.41) is 14.1. The van der Waals surface area contributed by atoms with Crippen LogP contribution in [0.2, 0.25) is 0 Å². The Morgan fingerprint density at radius 2 is 2.11 bits per heavy atom. The van der Waals surface area contributed by atoms with Crippen molar-refractivity contribution in [2.45, 2.75) is 31.8 Å². The van der Waals surface area contributed by atoms with Crippen molar-refractivity contribution in [3.05, 3.63) is 80.4 Å². The maximum absolute atomic E-state index is 12.6. The molecule has 0 bridgehead atoms. The Balaban J connectivity index is 1.57. The third-order valence-corrected chi connectivity index (χ3v) is 5.04. The number of rotatable bonds is 4. The van der Waals surface area contributed by atoms with Gasteiger partial charge in [0.05, 0.1) is 28.2 Å². The summed E-state index contributed by atoms with van der Waals surface area (Å²) in [6, 6.07) is 11.9. The molecule has 1 heterocycles. The average Bonchev–Trinajstić information content (AvgIpc) is 2.70. The third kappa shape index (κ3) is 3.36. The van der Waals surface area contributed by atoms with Crippen LogP contribution in [0.3, 0.4) is 0 Å². The topological polar surface area (TPSA) is 107 Å². The van der Waals surface area contributed by atoms with Crippen LogP contribution in [0.4, 0.5) is 5.69 Å². The number of aryl methyl sites for hydroxylation is 1. The second-order valence-electron chi connectivity index (χ2n) is 6.85. The number of benzene rings is 2. The molecule has 1 aliphatic carbocycles. The van der Waals surface area contributed by atoms with E-state index in [1.165, 1.54) is 34.7 Å². The van der Waals surface area contributed by atoms with Crippen molar-refractivity contribution in [3.8, 4) is 0 Å². The van der Waals surface area contributed by atoms with Crippen molar-refractivity contribution in [1.29, 1.82) is 0 Å². The van der Waals surface area contributed by atoms with Gasteiger partial charge in [-0.2, -0.15) is 0 Å². The van der Waals surface area contributed by atoms with Crippen LogP contribution in [-0.4, -0.2) is 20.4 Å². The summed E-state index contributed by atoms with van der Waals surface area (Å²) < 4.78 is 1.18. The molecule has 1 atom stereocenters. The van der Waals surface area contributed by atoms with Crippen molar-refractivity contribution in [2.24, 2.45) is 0 Å². The molecule has 142 valence electrons. The van der Waals surface area contributed by atoms with Crippen molar-refractivity contribution in [1.82, 2.24) is 14.9 Å². The van der Waals surface area contributed by atoms with Crippen LogP contribution in [0.15, 0.2) is 53.6 Å². The number of nitrogens with one attached hydrogen (secondary N) is 1. The monoisotopic (exact) mass is 378 g/mol. The number of aromatic nitrogens is 2. The lowest BCUT2D eigenvalue weighted by Gasteiger charge is -2.26. The predicted octanol–water partition coefficient (Wildman–Crippen LogP) is 2.50. The van der Waals surface area contributed by atoms with E-state index in [9.17, 15) is 19.7 Å². The minimum Gasteiger partial charge on any atom is -0.348 e. The first-order valence-electron chi connectivity index (χ1n) is 9.03. The molecule has 0 saturated carbocycles. The molecule has 1 unspecified atom stereocenters. The number of non-ortho nitro benzene ring substituents is 1. The Hall–Kier alpha value is -3.55. The maximum Gasteiger partial charge on any atom is 0.270 e. The molecule has 8 heteroatoms. The Kier molecular flexibility index (Phi) is 4.60. The second-order valence-corrected chi connectivity index (χ2v) is 6.85. The number of fused-ring (bicyclic) bond motifs is 2. The molecule has 1 aliphatic rings. The van der Waals surface area contributed by atoms with E-state index < -0.39 is 10.5 Å². The zero-order valence-electron chi connectivity index (χ0n) is 15.0. The number of carbonyl (C=O) groups excluding carboxylic acids is 1. The lowest BCUT2D eigenvalue weighted by Crippen LogP contribution is -2.36. The minimum absolute atomic E-state index is 0.0809. The summed E-state index contributed by atoms with van der Waals surface area (Å²) in [4.78, 5) is 39.7. The lowest BCUT2D eigenvalue weighted by atomic mass is 9.88. The zero-order chi connectivity index (χ0) is 19.7. The summed E-state index contributed by atoms with van der Waals surface area (Å²) in [5.74, 6) is -0.296. The number of nitro benzene ring substituents is 1. The number of hydrogen-bond acceptors (Lipinski definition) is 5. The first kappa shape index (κ1) is 17.8. The number of carbonyl (C=O) groups is 1. The van der Waals surface area contributed by atoms with Crippen molar-refractivity contribution in [2.75, 3.05) is 0 Å². The quantitative estimate of drug-likeness (QED) is 0.554. The summed E-state index contributed by atoms with van der Waals surface area (Å²) in [6.07, 6.45) is 4.13. The van der Waals surface area contributed by atoms with Gasteiger partial charge in [0.2, 0.25) is 5.91 Å². The molecular weight excluding hydrogens is 360 g/mol. The summed E-state index contributed by atoms with van der Waals surface area (Å²) in [5.41, 5.74) is 2.03. The fourth-order valence-electron chi connectivity index (χ4n) is 3.67. The largest absolute Gasteiger partial charge is 0.348 e.